The van der Waals surface area contributed by atoms with Crippen LogP contribution in [0.15, 0.2) is 12.2 Å². The second-order valence-electron chi connectivity index (χ2n) is 5.14. The van der Waals surface area contributed by atoms with Crippen molar-refractivity contribution in [2.75, 3.05) is 19.8 Å². The van der Waals surface area contributed by atoms with Gasteiger partial charge in [-0.3, -0.25) is 0 Å². The Labute approximate surface area is 104 Å². The van der Waals surface area contributed by atoms with E-state index < -0.39 is 0 Å². The Balaban J connectivity index is 4.22. The van der Waals surface area contributed by atoms with E-state index in [4.69, 9.17) is 9.84 Å². The first-order valence-electron chi connectivity index (χ1n) is 6.02. The molecule has 0 bridgehead atoms. The predicted octanol–water partition coefficient (Wildman–Crippen LogP) is 1.49. The zero-order valence-corrected chi connectivity index (χ0v) is 11.4. The molecule has 0 rings (SSSR count). The van der Waals surface area contributed by atoms with Crippen molar-refractivity contribution in [3.8, 4) is 0 Å². The van der Waals surface area contributed by atoms with E-state index in [9.17, 15) is 4.79 Å². The SMILES string of the molecule is C=C(CNC(CCO)C(C)(C)C)C(=O)OCC. The summed E-state index contributed by atoms with van der Waals surface area (Å²) in [5.41, 5.74) is 0.441. The first-order chi connectivity index (χ1) is 7.82. The van der Waals surface area contributed by atoms with Crippen LogP contribution >= 0.6 is 0 Å². The van der Waals surface area contributed by atoms with E-state index in [-0.39, 0.29) is 24.0 Å². The Morgan fingerprint density at radius 2 is 2.06 bits per heavy atom. The van der Waals surface area contributed by atoms with Crippen molar-refractivity contribution in [3.05, 3.63) is 12.2 Å². The smallest absolute Gasteiger partial charge is 0.334 e. The van der Waals surface area contributed by atoms with Gasteiger partial charge in [-0.05, 0) is 18.8 Å². The Bertz CT molecular complexity index is 256. The van der Waals surface area contributed by atoms with Crippen LogP contribution < -0.4 is 5.32 Å². The van der Waals surface area contributed by atoms with Crippen molar-refractivity contribution < 1.29 is 14.6 Å². The summed E-state index contributed by atoms with van der Waals surface area (Å²) in [5.74, 6) is -0.364. The van der Waals surface area contributed by atoms with Gasteiger partial charge in [-0.15, -0.1) is 0 Å². The second kappa shape index (κ2) is 7.45. The monoisotopic (exact) mass is 243 g/mol. The number of aliphatic hydroxyl groups excluding tert-OH is 1. The minimum Gasteiger partial charge on any atom is -0.463 e. The highest BCUT2D eigenvalue weighted by molar-refractivity contribution is 5.88. The summed E-state index contributed by atoms with van der Waals surface area (Å²) in [4.78, 5) is 11.4. The average molecular weight is 243 g/mol. The number of carbonyl (C=O) groups is 1. The van der Waals surface area contributed by atoms with Gasteiger partial charge in [0.1, 0.15) is 0 Å². The normalized spacial score (nSPS) is 13.2. The molecular formula is C13H25NO3. The number of nitrogens with one attached hydrogen (secondary N) is 1. The summed E-state index contributed by atoms with van der Waals surface area (Å²) < 4.78 is 4.85. The van der Waals surface area contributed by atoms with Gasteiger partial charge in [0.2, 0.25) is 0 Å². The molecule has 0 aromatic rings. The molecule has 0 aromatic carbocycles. The van der Waals surface area contributed by atoms with Crippen LogP contribution in [0.1, 0.15) is 34.1 Å². The summed E-state index contributed by atoms with van der Waals surface area (Å²) in [6.07, 6.45) is 0.652. The third kappa shape index (κ3) is 6.44. The van der Waals surface area contributed by atoms with Crippen LogP contribution in [0, 0.1) is 5.41 Å². The molecule has 1 unspecified atom stereocenters. The predicted molar refractivity (Wildman–Crippen MR) is 68.7 cm³/mol. The highest BCUT2D eigenvalue weighted by Gasteiger charge is 2.24. The van der Waals surface area contributed by atoms with E-state index >= 15 is 0 Å². The molecule has 0 saturated heterocycles. The molecule has 0 saturated carbocycles. The van der Waals surface area contributed by atoms with Gasteiger partial charge in [0, 0.05) is 24.8 Å². The van der Waals surface area contributed by atoms with Crippen molar-refractivity contribution >= 4 is 5.97 Å². The summed E-state index contributed by atoms with van der Waals surface area (Å²) >= 11 is 0. The summed E-state index contributed by atoms with van der Waals surface area (Å²) in [5, 5.41) is 12.2. The molecule has 0 spiro atoms. The topological polar surface area (TPSA) is 58.6 Å². The zero-order valence-electron chi connectivity index (χ0n) is 11.4. The molecule has 100 valence electrons. The first kappa shape index (κ1) is 16.1. The van der Waals surface area contributed by atoms with Gasteiger partial charge in [0.25, 0.3) is 0 Å². The maximum absolute atomic E-state index is 11.4. The molecule has 4 nitrogen and oxygen atoms in total. The number of ether oxygens (including phenoxy) is 1. The quantitative estimate of drug-likeness (QED) is 0.525. The average Bonchev–Trinajstić information content (AvgIpc) is 2.22. The molecule has 2 N–H and O–H groups in total. The molecule has 4 heteroatoms. The molecule has 0 aromatic heterocycles. The molecule has 0 aliphatic carbocycles. The standard InChI is InChI=1S/C13H25NO3/c1-6-17-12(16)10(2)9-14-11(7-8-15)13(3,4)5/h11,14-15H,2,6-9H2,1,3-5H3. The molecule has 0 radical (unpaired) electrons. The van der Waals surface area contributed by atoms with Crippen molar-refractivity contribution in [1.82, 2.24) is 5.32 Å². The molecule has 0 fully saturated rings. The second-order valence-corrected chi connectivity index (χ2v) is 5.14. The van der Waals surface area contributed by atoms with Crippen molar-refractivity contribution in [2.45, 2.75) is 40.2 Å². The Morgan fingerprint density at radius 1 is 1.47 bits per heavy atom. The molecule has 0 amide bonds. The van der Waals surface area contributed by atoms with Crippen LogP contribution in [-0.4, -0.2) is 36.9 Å². The summed E-state index contributed by atoms with van der Waals surface area (Å²) in [6, 6.07) is 0.138. The fourth-order valence-electron chi connectivity index (χ4n) is 1.52. The van der Waals surface area contributed by atoms with Crippen LogP contribution in [0.5, 0.6) is 0 Å². The number of hydrogen-bond donors (Lipinski definition) is 2. The van der Waals surface area contributed by atoms with Gasteiger partial charge < -0.3 is 15.2 Å². The Hall–Kier alpha value is -0.870. The Morgan fingerprint density at radius 3 is 2.47 bits per heavy atom. The van der Waals surface area contributed by atoms with E-state index in [1.807, 2.05) is 0 Å². The largest absolute Gasteiger partial charge is 0.463 e. The molecule has 0 aliphatic rings. The number of hydrogen-bond acceptors (Lipinski definition) is 4. The van der Waals surface area contributed by atoms with Gasteiger partial charge in [0.15, 0.2) is 0 Å². The highest BCUT2D eigenvalue weighted by Crippen LogP contribution is 2.21. The third-order valence-electron chi connectivity index (χ3n) is 2.59. The van der Waals surface area contributed by atoms with Crippen molar-refractivity contribution in [2.24, 2.45) is 5.41 Å². The summed E-state index contributed by atoms with van der Waals surface area (Å²) in [7, 11) is 0. The van der Waals surface area contributed by atoms with Crippen LogP contribution in [0.2, 0.25) is 0 Å². The van der Waals surface area contributed by atoms with Crippen LogP contribution in [0.25, 0.3) is 0 Å². The maximum Gasteiger partial charge on any atom is 0.334 e. The lowest BCUT2D eigenvalue weighted by Crippen LogP contribution is -2.42. The molecule has 0 aliphatic heterocycles. The zero-order chi connectivity index (χ0) is 13.5. The molecule has 1 atom stereocenters. The number of aliphatic hydroxyl groups is 1. The Kier molecular flexibility index (Phi) is 7.07. The van der Waals surface area contributed by atoms with Gasteiger partial charge >= 0.3 is 5.97 Å². The summed E-state index contributed by atoms with van der Waals surface area (Å²) in [6.45, 7) is 12.6. The lowest BCUT2D eigenvalue weighted by atomic mass is 9.85. The van der Waals surface area contributed by atoms with Crippen molar-refractivity contribution in [1.29, 1.82) is 0 Å². The van der Waals surface area contributed by atoms with E-state index in [1.54, 1.807) is 6.92 Å². The maximum atomic E-state index is 11.4. The lowest BCUT2D eigenvalue weighted by molar-refractivity contribution is -0.138. The van der Waals surface area contributed by atoms with Gasteiger partial charge in [0.05, 0.1) is 6.61 Å². The lowest BCUT2D eigenvalue weighted by Gasteiger charge is -2.31. The van der Waals surface area contributed by atoms with Crippen LogP contribution in [0.4, 0.5) is 0 Å². The van der Waals surface area contributed by atoms with Gasteiger partial charge in [-0.1, -0.05) is 27.4 Å². The van der Waals surface area contributed by atoms with Crippen LogP contribution in [0.3, 0.4) is 0 Å². The third-order valence-corrected chi connectivity index (χ3v) is 2.59. The van der Waals surface area contributed by atoms with Crippen LogP contribution in [-0.2, 0) is 9.53 Å². The van der Waals surface area contributed by atoms with E-state index in [1.165, 1.54) is 0 Å². The molecular weight excluding hydrogens is 218 g/mol. The molecule has 0 heterocycles. The minimum atomic E-state index is -0.364. The number of rotatable bonds is 7. The molecule has 17 heavy (non-hydrogen) atoms. The fraction of sp³-hybridized carbons (Fsp3) is 0.769. The first-order valence-corrected chi connectivity index (χ1v) is 6.02. The minimum absolute atomic E-state index is 0.0255. The highest BCUT2D eigenvalue weighted by atomic mass is 16.5. The number of carbonyl (C=O) groups excluding carboxylic acids is 1. The fourth-order valence-corrected chi connectivity index (χ4v) is 1.52. The van der Waals surface area contributed by atoms with Gasteiger partial charge in [-0.25, -0.2) is 4.79 Å². The number of esters is 1. The van der Waals surface area contributed by atoms with E-state index in [0.29, 0.717) is 25.1 Å². The van der Waals surface area contributed by atoms with E-state index in [2.05, 4.69) is 32.7 Å². The van der Waals surface area contributed by atoms with E-state index in [0.717, 1.165) is 0 Å². The van der Waals surface area contributed by atoms with Crippen molar-refractivity contribution in [3.63, 3.8) is 0 Å². The van der Waals surface area contributed by atoms with Gasteiger partial charge in [-0.2, -0.15) is 0 Å².